The van der Waals surface area contributed by atoms with Crippen LogP contribution >= 0.6 is 0 Å². The monoisotopic (exact) mass is 253 g/mol. The van der Waals surface area contributed by atoms with Crippen LogP contribution in [0.3, 0.4) is 0 Å². The van der Waals surface area contributed by atoms with Crippen molar-refractivity contribution in [3.8, 4) is 0 Å². The van der Waals surface area contributed by atoms with Gasteiger partial charge in [-0.1, -0.05) is 13.8 Å². The molecule has 100 valence electrons. The number of anilines is 1. The minimum atomic E-state index is -0.466. The van der Waals surface area contributed by atoms with Crippen LogP contribution in [0.5, 0.6) is 0 Å². The average Bonchev–Trinajstić information content (AvgIpc) is 2.32. The molecule has 0 saturated heterocycles. The molecule has 0 aliphatic heterocycles. The summed E-state index contributed by atoms with van der Waals surface area (Å²) in [5, 5.41) is 22.8. The Hall–Kier alpha value is -1.85. The third-order valence-electron chi connectivity index (χ3n) is 2.68. The lowest BCUT2D eigenvalue weighted by atomic mass is 10.3. The summed E-state index contributed by atoms with van der Waals surface area (Å²) in [6.07, 6.45) is 1.78. The fourth-order valence-electron chi connectivity index (χ4n) is 1.89. The van der Waals surface area contributed by atoms with Crippen LogP contribution in [0.4, 0.5) is 11.5 Å². The summed E-state index contributed by atoms with van der Waals surface area (Å²) >= 11 is 0. The molecule has 0 saturated carbocycles. The van der Waals surface area contributed by atoms with Crippen molar-refractivity contribution in [1.82, 2.24) is 0 Å². The first kappa shape index (κ1) is 14.2. The smallest absolute Gasteiger partial charge is 0.286 e. The fraction of sp³-hybridized carbons (Fsp3) is 0.583. The molecule has 0 aromatic carbocycles. The third-order valence-corrected chi connectivity index (χ3v) is 2.68. The second kappa shape index (κ2) is 6.18. The summed E-state index contributed by atoms with van der Waals surface area (Å²) in [5.74, 6) is 0.366. The number of rotatable bonds is 6. The van der Waals surface area contributed by atoms with Gasteiger partial charge in [-0.25, -0.2) is 4.73 Å². The normalized spacial score (nSPS) is 10.4. The van der Waals surface area contributed by atoms with Gasteiger partial charge in [0.15, 0.2) is 0 Å². The number of hydrogen-bond donors (Lipinski definition) is 0. The highest BCUT2D eigenvalue weighted by Gasteiger charge is 2.21. The molecule has 0 amide bonds. The molecule has 1 heterocycles. The van der Waals surface area contributed by atoms with E-state index in [1.807, 2.05) is 18.7 Å². The highest BCUT2D eigenvalue weighted by molar-refractivity contribution is 5.44. The van der Waals surface area contributed by atoms with Crippen molar-refractivity contribution in [3.63, 3.8) is 0 Å². The predicted octanol–water partition coefficient (Wildman–Crippen LogP) is 2.16. The Kier molecular flexibility index (Phi) is 4.88. The minimum Gasteiger partial charge on any atom is -0.710 e. The van der Waals surface area contributed by atoms with Crippen molar-refractivity contribution in [3.05, 3.63) is 33.1 Å². The predicted molar refractivity (Wildman–Crippen MR) is 69.6 cm³/mol. The first-order chi connectivity index (χ1) is 8.51. The highest BCUT2D eigenvalue weighted by atomic mass is 16.6. The fourth-order valence-corrected chi connectivity index (χ4v) is 1.89. The maximum atomic E-state index is 12.0. The SMILES string of the molecule is CCCN(CCC)c1cc([N+](=O)[O-])cc(C)[n+]1[O-]. The average molecular weight is 253 g/mol. The van der Waals surface area contributed by atoms with Crippen LogP contribution in [-0.2, 0) is 0 Å². The van der Waals surface area contributed by atoms with E-state index < -0.39 is 4.92 Å². The van der Waals surface area contributed by atoms with Crippen LogP contribution in [-0.4, -0.2) is 18.0 Å². The number of hydrogen-bond acceptors (Lipinski definition) is 4. The number of nitro groups is 1. The van der Waals surface area contributed by atoms with Crippen molar-refractivity contribution < 1.29 is 9.65 Å². The molecule has 0 atom stereocenters. The minimum absolute atomic E-state index is 0.0354. The van der Waals surface area contributed by atoms with E-state index in [1.54, 1.807) is 6.92 Å². The number of aryl methyl sites for hydroxylation is 1. The molecular weight excluding hydrogens is 234 g/mol. The van der Waals surface area contributed by atoms with Gasteiger partial charge in [0, 0.05) is 0 Å². The first-order valence-electron chi connectivity index (χ1n) is 6.14. The molecule has 6 heteroatoms. The van der Waals surface area contributed by atoms with E-state index in [0.29, 0.717) is 11.5 Å². The molecule has 6 nitrogen and oxygen atoms in total. The molecule has 0 bridgehead atoms. The molecule has 0 aliphatic carbocycles. The molecule has 1 aromatic rings. The van der Waals surface area contributed by atoms with Crippen molar-refractivity contribution in [2.24, 2.45) is 0 Å². The number of nitrogens with zero attached hydrogens (tertiary/aromatic N) is 3. The lowest BCUT2D eigenvalue weighted by molar-refractivity contribution is -0.600. The van der Waals surface area contributed by atoms with Gasteiger partial charge in [0.1, 0.15) is 11.8 Å². The van der Waals surface area contributed by atoms with Crippen molar-refractivity contribution in [2.75, 3.05) is 18.0 Å². The lowest BCUT2D eigenvalue weighted by Crippen LogP contribution is -2.41. The Morgan fingerprint density at radius 3 is 2.28 bits per heavy atom. The van der Waals surface area contributed by atoms with Crippen LogP contribution in [0.15, 0.2) is 12.1 Å². The van der Waals surface area contributed by atoms with Gasteiger partial charge < -0.3 is 5.21 Å². The van der Waals surface area contributed by atoms with Gasteiger partial charge in [0.2, 0.25) is 0 Å². The van der Waals surface area contributed by atoms with Crippen molar-refractivity contribution >= 4 is 11.5 Å². The Morgan fingerprint density at radius 1 is 1.28 bits per heavy atom. The van der Waals surface area contributed by atoms with Crippen molar-refractivity contribution in [1.29, 1.82) is 0 Å². The lowest BCUT2D eigenvalue weighted by Gasteiger charge is -2.21. The van der Waals surface area contributed by atoms with E-state index in [9.17, 15) is 15.3 Å². The van der Waals surface area contributed by atoms with Crippen LogP contribution < -0.4 is 9.63 Å². The van der Waals surface area contributed by atoms with Crippen LogP contribution in [0.25, 0.3) is 0 Å². The summed E-state index contributed by atoms with van der Waals surface area (Å²) in [6.45, 7) is 7.05. The quantitative estimate of drug-likeness (QED) is 0.337. The van der Waals surface area contributed by atoms with E-state index in [1.165, 1.54) is 12.1 Å². The summed E-state index contributed by atoms with van der Waals surface area (Å²) in [5.41, 5.74) is 0.309. The third kappa shape index (κ3) is 3.09. The van der Waals surface area contributed by atoms with E-state index in [2.05, 4.69) is 0 Å². The molecule has 1 aromatic heterocycles. The van der Waals surface area contributed by atoms with Crippen molar-refractivity contribution in [2.45, 2.75) is 33.6 Å². The topological polar surface area (TPSA) is 73.3 Å². The second-order valence-electron chi connectivity index (χ2n) is 4.25. The van der Waals surface area contributed by atoms with Gasteiger partial charge in [-0.2, -0.15) is 0 Å². The molecular formula is C12H19N3O3. The van der Waals surface area contributed by atoms with Gasteiger partial charge in [0.25, 0.3) is 11.5 Å². The molecule has 0 spiro atoms. The molecule has 0 N–H and O–H groups in total. The van der Waals surface area contributed by atoms with E-state index in [-0.39, 0.29) is 5.69 Å². The molecule has 0 aliphatic rings. The molecule has 0 unspecified atom stereocenters. The highest BCUT2D eigenvalue weighted by Crippen LogP contribution is 2.19. The Balaban J connectivity index is 3.22. The largest absolute Gasteiger partial charge is 0.710 e. The van der Waals surface area contributed by atoms with E-state index in [0.717, 1.165) is 30.7 Å². The summed E-state index contributed by atoms with van der Waals surface area (Å²) < 4.78 is 0.762. The molecule has 18 heavy (non-hydrogen) atoms. The van der Waals surface area contributed by atoms with E-state index in [4.69, 9.17) is 0 Å². The summed E-state index contributed by atoms with van der Waals surface area (Å²) in [4.78, 5) is 12.3. The Morgan fingerprint density at radius 2 is 1.83 bits per heavy atom. The zero-order chi connectivity index (χ0) is 13.7. The summed E-state index contributed by atoms with van der Waals surface area (Å²) in [6, 6.07) is 2.65. The Bertz CT molecular complexity index is 429. The first-order valence-corrected chi connectivity index (χ1v) is 6.14. The number of aromatic nitrogens is 1. The van der Waals surface area contributed by atoms with Crippen LogP contribution in [0, 0.1) is 22.2 Å². The van der Waals surface area contributed by atoms with E-state index >= 15 is 0 Å². The van der Waals surface area contributed by atoms with Crippen LogP contribution in [0.2, 0.25) is 0 Å². The number of pyridine rings is 1. The van der Waals surface area contributed by atoms with Gasteiger partial charge in [-0.05, 0) is 19.8 Å². The Labute approximate surface area is 107 Å². The maximum absolute atomic E-state index is 12.0. The molecule has 1 rings (SSSR count). The standard InChI is InChI=1S/C12H19N3O3/c1-4-6-13(7-5-2)12-9-11(15(17)18)8-10(3)14(12)16/h8-9H,4-7H2,1-3H3. The maximum Gasteiger partial charge on any atom is 0.286 e. The second-order valence-corrected chi connectivity index (χ2v) is 4.25. The van der Waals surface area contributed by atoms with Gasteiger partial charge in [0.05, 0.1) is 24.1 Å². The zero-order valence-corrected chi connectivity index (χ0v) is 11.0. The van der Waals surface area contributed by atoms with Gasteiger partial charge >= 0.3 is 0 Å². The van der Waals surface area contributed by atoms with Crippen LogP contribution in [0.1, 0.15) is 32.4 Å². The van der Waals surface area contributed by atoms with Gasteiger partial charge in [-0.15, -0.1) is 0 Å². The molecule has 0 fully saturated rings. The van der Waals surface area contributed by atoms with Gasteiger partial charge in [-0.3, -0.25) is 15.0 Å². The zero-order valence-electron chi connectivity index (χ0n) is 11.0. The molecule has 0 radical (unpaired) electrons. The summed E-state index contributed by atoms with van der Waals surface area (Å²) in [7, 11) is 0.